The predicted molar refractivity (Wildman–Crippen MR) is 111 cm³/mol. The maximum absolute atomic E-state index is 12.9. The maximum atomic E-state index is 12.9. The first-order valence-corrected chi connectivity index (χ1v) is 11.3. The molecule has 0 heterocycles. The van der Waals surface area contributed by atoms with E-state index in [9.17, 15) is 13.2 Å². The van der Waals surface area contributed by atoms with Crippen molar-refractivity contribution in [3.05, 3.63) is 65.2 Å². The van der Waals surface area contributed by atoms with Crippen LogP contribution in [0.25, 0.3) is 0 Å². The lowest BCUT2D eigenvalue weighted by Crippen LogP contribution is -2.38. The van der Waals surface area contributed by atoms with Crippen LogP contribution in [-0.4, -0.2) is 32.3 Å². The maximum Gasteiger partial charge on any atom is 0.253 e. The number of hydrogen-bond donors (Lipinski definition) is 1. The van der Waals surface area contributed by atoms with E-state index >= 15 is 0 Å². The summed E-state index contributed by atoms with van der Waals surface area (Å²) in [6.45, 7) is 1.96. The monoisotopic (exact) mass is 400 g/mol. The molecule has 1 N–H and O–H groups in total. The fourth-order valence-electron chi connectivity index (χ4n) is 3.71. The highest BCUT2D eigenvalue weighted by atomic mass is 32.2. The van der Waals surface area contributed by atoms with Gasteiger partial charge in [0.1, 0.15) is 0 Å². The summed E-state index contributed by atoms with van der Waals surface area (Å²) in [5.41, 5.74) is 1.92. The Morgan fingerprint density at radius 3 is 2.43 bits per heavy atom. The van der Waals surface area contributed by atoms with Crippen LogP contribution in [0, 0.1) is 6.92 Å². The van der Waals surface area contributed by atoms with Crippen LogP contribution >= 0.6 is 0 Å². The second-order valence-corrected chi connectivity index (χ2v) is 9.23. The van der Waals surface area contributed by atoms with E-state index in [-0.39, 0.29) is 23.4 Å². The SMILES string of the molecule is Cc1ccc(C(=O)N(C)C2CCCCC2)cc1S(=O)(=O)NCc1ccccc1. The van der Waals surface area contributed by atoms with E-state index in [0.717, 1.165) is 31.2 Å². The lowest BCUT2D eigenvalue weighted by molar-refractivity contribution is 0.0696. The van der Waals surface area contributed by atoms with Crippen LogP contribution in [0.2, 0.25) is 0 Å². The highest BCUT2D eigenvalue weighted by Gasteiger charge is 2.25. The zero-order chi connectivity index (χ0) is 20.1. The van der Waals surface area contributed by atoms with Crippen LogP contribution in [0.3, 0.4) is 0 Å². The number of aryl methyl sites for hydroxylation is 1. The molecule has 3 rings (SSSR count). The van der Waals surface area contributed by atoms with Gasteiger partial charge in [-0.15, -0.1) is 0 Å². The Bertz CT molecular complexity index is 920. The lowest BCUT2D eigenvalue weighted by atomic mass is 9.94. The molecule has 1 aliphatic rings. The van der Waals surface area contributed by atoms with E-state index in [0.29, 0.717) is 11.1 Å². The van der Waals surface area contributed by atoms with Gasteiger partial charge in [0.25, 0.3) is 5.91 Å². The van der Waals surface area contributed by atoms with Gasteiger partial charge in [-0.1, -0.05) is 55.7 Å². The summed E-state index contributed by atoms with van der Waals surface area (Å²) >= 11 is 0. The van der Waals surface area contributed by atoms with Gasteiger partial charge in [0.15, 0.2) is 0 Å². The molecule has 0 atom stereocenters. The summed E-state index contributed by atoms with van der Waals surface area (Å²) in [5, 5.41) is 0. The number of benzene rings is 2. The average Bonchev–Trinajstić information content (AvgIpc) is 2.73. The molecule has 28 heavy (non-hydrogen) atoms. The van der Waals surface area contributed by atoms with Crippen molar-refractivity contribution in [3.63, 3.8) is 0 Å². The van der Waals surface area contributed by atoms with Gasteiger partial charge < -0.3 is 4.90 Å². The van der Waals surface area contributed by atoms with Crippen LogP contribution in [0.4, 0.5) is 0 Å². The van der Waals surface area contributed by atoms with Crippen molar-refractivity contribution < 1.29 is 13.2 Å². The molecule has 0 saturated heterocycles. The Balaban J connectivity index is 1.79. The second-order valence-electron chi connectivity index (χ2n) is 7.50. The minimum absolute atomic E-state index is 0.119. The Hall–Kier alpha value is -2.18. The van der Waals surface area contributed by atoms with Crippen molar-refractivity contribution in [1.29, 1.82) is 0 Å². The lowest BCUT2D eigenvalue weighted by Gasteiger charge is -2.31. The van der Waals surface area contributed by atoms with Crippen molar-refractivity contribution >= 4 is 15.9 Å². The molecular formula is C22H28N2O3S. The topological polar surface area (TPSA) is 66.5 Å². The number of amides is 1. The molecule has 1 aliphatic carbocycles. The van der Waals surface area contributed by atoms with E-state index in [2.05, 4.69) is 4.72 Å². The zero-order valence-electron chi connectivity index (χ0n) is 16.5. The highest BCUT2D eigenvalue weighted by molar-refractivity contribution is 7.89. The Labute approximate surface area is 167 Å². The van der Waals surface area contributed by atoms with E-state index < -0.39 is 10.0 Å². The first-order chi connectivity index (χ1) is 13.4. The second kappa shape index (κ2) is 8.88. The van der Waals surface area contributed by atoms with Gasteiger partial charge in [0.2, 0.25) is 10.0 Å². The highest BCUT2D eigenvalue weighted by Crippen LogP contribution is 2.24. The molecule has 5 nitrogen and oxygen atoms in total. The van der Waals surface area contributed by atoms with Crippen LogP contribution in [-0.2, 0) is 16.6 Å². The predicted octanol–water partition coefficient (Wildman–Crippen LogP) is 3.88. The van der Waals surface area contributed by atoms with Crippen molar-refractivity contribution in [2.75, 3.05) is 7.05 Å². The Morgan fingerprint density at radius 1 is 1.07 bits per heavy atom. The number of carbonyl (C=O) groups excluding carboxylic acids is 1. The fraction of sp³-hybridized carbons (Fsp3) is 0.409. The summed E-state index contributed by atoms with van der Waals surface area (Å²) in [7, 11) is -1.90. The molecule has 0 radical (unpaired) electrons. The standard InChI is InChI=1S/C22H28N2O3S/c1-17-13-14-19(22(25)24(2)20-11-7-4-8-12-20)15-21(17)28(26,27)23-16-18-9-5-3-6-10-18/h3,5-6,9-10,13-15,20,23H,4,7-8,11-12,16H2,1-2H3. The molecule has 150 valence electrons. The summed E-state index contributed by atoms with van der Waals surface area (Å²) in [5.74, 6) is -0.119. The van der Waals surface area contributed by atoms with Crippen molar-refractivity contribution in [2.24, 2.45) is 0 Å². The number of hydrogen-bond acceptors (Lipinski definition) is 3. The largest absolute Gasteiger partial charge is 0.339 e. The van der Waals surface area contributed by atoms with Crippen molar-refractivity contribution in [3.8, 4) is 0 Å². The normalized spacial score (nSPS) is 15.4. The van der Waals surface area contributed by atoms with Crippen molar-refractivity contribution in [2.45, 2.75) is 56.5 Å². The first-order valence-electron chi connectivity index (χ1n) is 9.80. The molecular weight excluding hydrogens is 372 g/mol. The minimum Gasteiger partial charge on any atom is -0.339 e. The van der Waals surface area contributed by atoms with Gasteiger partial charge in [0.05, 0.1) is 4.90 Å². The molecule has 1 fully saturated rings. The average molecular weight is 401 g/mol. The van der Waals surface area contributed by atoms with Crippen LogP contribution in [0.1, 0.15) is 53.6 Å². The Kier molecular flexibility index (Phi) is 6.52. The van der Waals surface area contributed by atoms with Gasteiger partial charge in [-0.2, -0.15) is 0 Å². The first kappa shape index (κ1) is 20.6. The van der Waals surface area contributed by atoms with Gasteiger partial charge in [-0.05, 0) is 43.0 Å². The van der Waals surface area contributed by atoms with Crippen molar-refractivity contribution in [1.82, 2.24) is 9.62 Å². The third-order valence-corrected chi connectivity index (χ3v) is 7.02. The quantitative estimate of drug-likeness (QED) is 0.800. The third-order valence-electron chi connectivity index (χ3n) is 5.48. The number of rotatable bonds is 6. The van der Waals surface area contributed by atoms with E-state index in [1.807, 2.05) is 37.4 Å². The molecule has 0 unspecified atom stereocenters. The van der Waals surface area contributed by atoms with Crippen LogP contribution < -0.4 is 4.72 Å². The van der Waals surface area contributed by atoms with E-state index in [1.165, 1.54) is 12.5 Å². The third kappa shape index (κ3) is 4.80. The molecule has 0 bridgehead atoms. The molecule has 1 amide bonds. The molecule has 0 aromatic heterocycles. The molecule has 2 aromatic carbocycles. The molecule has 2 aromatic rings. The van der Waals surface area contributed by atoms with Gasteiger partial charge in [0, 0.05) is 25.2 Å². The number of carbonyl (C=O) groups is 1. The van der Waals surface area contributed by atoms with Gasteiger partial charge in [-0.25, -0.2) is 13.1 Å². The fourth-order valence-corrected chi connectivity index (χ4v) is 5.00. The van der Waals surface area contributed by atoms with E-state index in [1.54, 1.807) is 24.0 Å². The molecule has 0 spiro atoms. The summed E-state index contributed by atoms with van der Waals surface area (Å²) in [6.07, 6.45) is 5.52. The number of sulfonamides is 1. The number of nitrogens with one attached hydrogen (secondary N) is 1. The van der Waals surface area contributed by atoms with Crippen LogP contribution in [0.5, 0.6) is 0 Å². The summed E-state index contributed by atoms with van der Waals surface area (Å²) in [4.78, 5) is 14.9. The van der Waals surface area contributed by atoms with Crippen LogP contribution in [0.15, 0.2) is 53.4 Å². The minimum atomic E-state index is -3.72. The zero-order valence-corrected chi connectivity index (χ0v) is 17.3. The molecule has 0 aliphatic heterocycles. The number of nitrogens with zero attached hydrogens (tertiary/aromatic N) is 1. The van der Waals surface area contributed by atoms with E-state index in [4.69, 9.17) is 0 Å². The van der Waals surface area contributed by atoms with Gasteiger partial charge >= 0.3 is 0 Å². The summed E-state index contributed by atoms with van der Waals surface area (Å²) in [6, 6.07) is 14.5. The Morgan fingerprint density at radius 2 is 1.75 bits per heavy atom. The van der Waals surface area contributed by atoms with Gasteiger partial charge in [-0.3, -0.25) is 4.79 Å². The smallest absolute Gasteiger partial charge is 0.253 e. The molecule has 1 saturated carbocycles. The summed E-state index contributed by atoms with van der Waals surface area (Å²) < 4.78 is 28.3. The molecule has 6 heteroatoms.